The van der Waals surface area contributed by atoms with Gasteiger partial charge in [-0.2, -0.15) is 10.4 Å². The van der Waals surface area contributed by atoms with Gasteiger partial charge in [0.25, 0.3) is 5.91 Å². The second kappa shape index (κ2) is 8.26. The van der Waals surface area contributed by atoms with Crippen molar-refractivity contribution in [3.63, 3.8) is 0 Å². The van der Waals surface area contributed by atoms with E-state index >= 15 is 0 Å². The van der Waals surface area contributed by atoms with Crippen molar-refractivity contribution in [1.82, 2.24) is 19.5 Å². The van der Waals surface area contributed by atoms with Crippen molar-refractivity contribution >= 4 is 34.7 Å². The van der Waals surface area contributed by atoms with Crippen molar-refractivity contribution in [3.05, 3.63) is 41.7 Å². The van der Waals surface area contributed by atoms with Crippen LogP contribution in [0.15, 0.2) is 30.6 Å². The average molecular weight is 503 g/mol. The molecule has 2 atom stereocenters. The molecule has 4 heterocycles. The van der Waals surface area contributed by atoms with Crippen molar-refractivity contribution in [1.29, 1.82) is 5.26 Å². The monoisotopic (exact) mass is 502 g/mol. The topological polar surface area (TPSA) is 159 Å². The number of halogens is 1. The van der Waals surface area contributed by atoms with Crippen LogP contribution in [0.1, 0.15) is 28.8 Å². The van der Waals surface area contributed by atoms with Crippen LogP contribution in [0.4, 0.5) is 15.8 Å². The largest absolute Gasteiger partial charge is 0.376 e. The predicted molar refractivity (Wildman–Crippen MR) is 130 cm³/mol. The highest BCUT2D eigenvalue weighted by Crippen LogP contribution is 2.47. The van der Waals surface area contributed by atoms with Gasteiger partial charge in [0.1, 0.15) is 5.41 Å². The van der Waals surface area contributed by atoms with Gasteiger partial charge in [0.2, 0.25) is 11.8 Å². The summed E-state index contributed by atoms with van der Waals surface area (Å²) in [4.78, 5) is 43.1. The highest BCUT2D eigenvalue weighted by atomic mass is 19.1. The van der Waals surface area contributed by atoms with Crippen LogP contribution in [0.3, 0.4) is 0 Å². The van der Waals surface area contributed by atoms with E-state index in [4.69, 9.17) is 5.73 Å². The molecule has 0 spiro atoms. The Bertz CT molecular complexity index is 1520. The van der Waals surface area contributed by atoms with Crippen molar-refractivity contribution in [3.8, 4) is 17.3 Å². The predicted octanol–water partition coefficient (Wildman–Crippen LogP) is 1.50. The van der Waals surface area contributed by atoms with E-state index in [0.717, 1.165) is 16.8 Å². The first kappa shape index (κ1) is 22.9. The van der Waals surface area contributed by atoms with Gasteiger partial charge in [-0.3, -0.25) is 18.8 Å². The number of nitrogens with one attached hydrogen (secondary N) is 2. The van der Waals surface area contributed by atoms with Gasteiger partial charge in [-0.05, 0) is 24.5 Å². The number of nitrogens with zero attached hydrogens (tertiary/aromatic N) is 5. The van der Waals surface area contributed by atoms with Gasteiger partial charge in [-0.15, -0.1) is 0 Å². The maximum Gasteiger partial charge on any atom is 0.252 e. The Kier molecular flexibility index (Phi) is 5.11. The number of carbonyl (C=O) groups is 3. The highest BCUT2D eigenvalue weighted by Gasteiger charge is 2.54. The standard InChI is InChI=1S/C25H23FN8O3/c26-7-15-9-33(24(37)25(12-27)3-4-25)10-18(15)31-21-16(22(28)36)8-29-34-11-19(32-23(21)34)13-1-2-14-6-20(35)30-17(14)5-13/h1-2,5,8,11,15,18,31H,3-4,6-7,9-10H2,(H2,28,36)(H,30,35)/t15-,18-/m1/s1. The smallest absolute Gasteiger partial charge is 0.252 e. The number of imidazole rings is 1. The summed E-state index contributed by atoms with van der Waals surface area (Å²) in [6.45, 7) is -0.333. The molecule has 11 nitrogen and oxygen atoms in total. The lowest BCUT2D eigenvalue weighted by atomic mass is 10.0. The lowest BCUT2D eigenvalue weighted by molar-refractivity contribution is -0.134. The Morgan fingerprint density at radius 3 is 2.84 bits per heavy atom. The van der Waals surface area contributed by atoms with Crippen LogP contribution in [-0.4, -0.2) is 63.0 Å². The molecule has 1 aromatic carbocycles. The minimum Gasteiger partial charge on any atom is -0.376 e. The van der Waals surface area contributed by atoms with Crippen LogP contribution < -0.4 is 16.4 Å². The summed E-state index contributed by atoms with van der Waals surface area (Å²) in [6, 6.07) is 7.11. The third-order valence-corrected chi connectivity index (χ3v) is 7.42. The molecule has 12 heteroatoms. The molecule has 4 N–H and O–H groups in total. The quantitative estimate of drug-likeness (QED) is 0.461. The van der Waals surface area contributed by atoms with E-state index in [2.05, 4.69) is 26.8 Å². The molecule has 1 aliphatic carbocycles. The van der Waals surface area contributed by atoms with Crippen LogP contribution in [0.5, 0.6) is 0 Å². The second-order valence-electron chi connectivity index (χ2n) is 9.86. The number of rotatable bonds is 6. The zero-order chi connectivity index (χ0) is 25.9. The number of benzene rings is 1. The van der Waals surface area contributed by atoms with E-state index in [1.165, 1.54) is 15.6 Å². The number of amides is 3. The minimum absolute atomic E-state index is 0.0738. The SMILES string of the molecule is N#CC1(C(=O)N2C[C@@H](CF)[C@H](Nc3c(C(N)=O)cnn4cc(-c5ccc6c(c5)NC(=O)C6)nc34)C2)CC1. The number of carbonyl (C=O) groups excluding carboxylic acids is 3. The van der Waals surface area contributed by atoms with E-state index in [9.17, 15) is 24.0 Å². The molecule has 3 amide bonds. The van der Waals surface area contributed by atoms with Crippen molar-refractivity contribution < 1.29 is 18.8 Å². The van der Waals surface area contributed by atoms with Crippen molar-refractivity contribution in [2.45, 2.75) is 25.3 Å². The first-order valence-corrected chi connectivity index (χ1v) is 12.0. The highest BCUT2D eigenvalue weighted by molar-refractivity contribution is 6.02. The fourth-order valence-electron chi connectivity index (χ4n) is 5.12. The maximum absolute atomic E-state index is 14.0. The van der Waals surface area contributed by atoms with Gasteiger partial charge >= 0.3 is 0 Å². The Balaban J connectivity index is 1.35. The summed E-state index contributed by atoms with van der Waals surface area (Å²) in [7, 11) is 0. The number of aromatic nitrogens is 3. The molecule has 1 saturated heterocycles. The molecule has 2 aliphatic heterocycles. The van der Waals surface area contributed by atoms with Gasteiger partial charge in [-0.25, -0.2) is 9.50 Å². The van der Waals surface area contributed by atoms with Gasteiger partial charge in [0, 0.05) is 30.3 Å². The number of fused-ring (bicyclic) bond motifs is 2. The Morgan fingerprint density at radius 1 is 1.32 bits per heavy atom. The number of hydrogen-bond acceptors (Lipinski definition) is 7. The molecule has 1 saturated carbocycles. The summed E-state index contributed by atoms with van der Waals surface area (Å²) in [5.41, 5.74) is 8.24. The molecule has 0 radical (unpaired) electrons. The molecule has 2 aromatic heterocycles. The molecule has 188 valence electrons. The molecule has 0 bridgehead atoms. The van der Waals surface area contributed by atoms with E-state index in [1.54, 1.807) is 6.20 Å². The van der Waals surface area contributed by atoms with Gasteiger partial charge in [0.05, 0.1) is 54.5 Å². The number of alkyl halides is 1. The number of anilines is 2. The summed E-state index contributed by atoms with van der Waals surface area (Å²) in [5.74, 6) is -1.62. The Morgan fingerprint density at radius 2 is 2.14 bits per heavy atom. The Labute approximate surface area is 210 Å². The van der Waals surface area contributed by atoms with Crippen LogP contribution in [0.25, 0.3) is 16.9 Å². The van der Waals surface area contributed by atoms with E-state index < -0.39 is 30.0 Å². The molecule has 2 fully saturated rings. The summed E-state index contributed by atoms with van der Waals surface area (Å²) in [5, 5.41) is 19.7. The van der Waals surface area contributed by atoms with Crippen LogP contribution in [-0.2, 0) is 16.0 Å². The average Bonchev–Trinajstić information content (AvgIpc) is 3.20. The fourth-order valence-corrected chi connectivity index (χ4v) is 5.12. The van der Waals surface area contributed by atoms with Crippen molar-refractivity contribution in [2.75, 3.05) is 30.4 Å². The maximum atomic E-state index is 14.0. The Hall–Kier alpha value is -4.53. The molecule has 0 unspecified atom stereocenters. The number of hydrogen-bond donors (Lipinski definition) is 3. The molecule has 3 aliphatic rings. The van der Waals surface area contributed by atoms with E-state index in [1.807, 2.05) is 18.2 Å². The lowest BCUT2D eigenvalue weighted by Crippen LogP contribution is -2.36. The van der Waals surface area contributed by atoms with Crippen LogP contribution >= 0.6 is 0 Å². The van der Waals surface area contributed by atoms with Gasteiger partial charge < -0.3 is 21.3 Å². The first-order valence-electron chi connectivity index (χ1n) is 12.0. The normalized spacial score (nSPS) is 21.4. The molecular formula is C25H23FN8O3. The van der Waals surface area contributed by atoms with E-state index in [-0.39, 0.29) is 30.5 Å². The van der Waals surface area contributed by atoms with Gasteiger partial charge in [-0.1, -0.05) is 12.1 Å². The van der Waals surface area contributed by atoms with Crippen molar-refractivity contribution in [2.24, 2.45) is 17.1 Å². The number of nitrogens with two attached hydrogens (primary N) is 1. The molecule has 6 rings (SSSR count). The molecular weight excluding hydrogens is 479 g/mol. The zero-order valence-electron chi connectivity index (χ0n) is 19.7. The minimum atomic E-state index is -0.995. The molecule has 37 heavy (non-hydrogen) atoms. The number of nitriles is 1. The first-order chi connectivity index (χ1) is 17.8. The lowest BCUT2D eigenvalue weighted by Gasteiger charge is -2.21. The van der Waals surface area contributed by atoms with Crippen LogP contribution in [0, 0.1) is 22.7 Å². The second-order valence-corrected chi connectivity index (χ2v) is 9.86. The van der Waals surface area contributed by atoms with Crippen LogP contribution in [0.2, 0.25) is 0 Å². The molecule has 3 aromatic rings. The summed E-state index contributed by atoms with van der Waals surface area (Å²) in [6.07, 6.45) is 4.35. The van der Waals surface area contributed by atoms with Gasteiger partial charge in [0.15, 0.2) is 5.65 Å². The third kappa shape index (κ3) is 3.74. The fraction of sp³-hybridized carbons (Fsp3) is 0.360. The number of primary amides is 1. The zero-order valence-corrected chi connectivity index (χ0v) is 19.7. The number of likely N-dealkylation sites (tertiary alicyclic amines) is 1. The van der Waals surface area contributed by atoms with E-state index in [0.29, 0.717) is 36.3 Å². The third-order valence-electron chi connectivity index (χ3n) is 7.42. The summed E-state index contributed by atoms with van der Waals surface area (Å²) >= 11 is 0. The summed E-state index contributed by atoms with van der Waals surface area (Å²) < 4.78 is 15.5.